The van der Waals surface area contributed by atoms with Gasteiger partial charge >= 0.3 is 0 Å². The fraction of sp³-hybridized carbons (Fsp3) is 0.296. The Hall–Kier alpha value is -3.16. The van der Waals surface area contributed by atoms with Crippen molar-refractivity contribution in [3.8, 4) is 17.0 Å². The van der Waals surface area contributed by atoms with E-state index >= 15 is 0 Å². The predicted octanol–water partition coefficient (Wildman–Crippen LogP) is 5.71. The second kappa shape index (κ2) is 11.5. The van der Waals surface area contributed by atoms with Gasteiger partial charge in [-0.25, -0.2) is 4.98 Å². The number of pyridine rings is 2. The van der Waals surface area contributed by atoms with Crippen molar-refractivity contribution in [3.63, 3.8) is 0 Å². The van der Waals surface area contributed by atoms with E-state index in [2.05, 4.69) is 44.8 Å². The minimum absolute atomic E-state index is 0. The molecule has 0 radical (unpaired) electrons. The van der Waals surface area contributed by atoms with Crippen molar-refractivity contribution in [3.05, 3.63) is 71.9 Å². The van der Waals surface area contributed by atoms with E-state index in [1.165, 1.54) is 10.4 Å². The summed E-state index contributed by atoms with van der Waals surface area (Å²) in [5.41, 5.74) is 5.13. The number of aromatic nitrogens is 2. The van der Waals surface area contributed by atoms with Crippen LogP contribution in [0.25, 0.3) is 21.5 Å². The molecule has 35 heavy (non-hydrogen) atoms. The summed E-state index contributed by atoms with van der Waals surface area (Å²) in [6.45, 7) is 4.81. The summed E-state index contributed by atoms with van der Waals surface area (Å²) in [5, 5.41) is 5.15. The number of benzene rings is 1. The van der Waals surface area contributed by atoms with Crippen LogP contribution in [-0.2, 0) is 11.3 Å². The average molecular weight is 509 g/mol. The quantitative estimate of drug-likeness (QED) is 0.346. The number of rotatable bonds is 7. The zero-order valence-corrected chi connectivity index (χ0v) is 21.3. The Balaban J connectivity index is 0.00000289. The Kier molecular flexibility index (Phi) is 8.21. The number of amides is 1. The summed E-state index contributed by atoms with van der Waals surface area (Å²) >= 11 is 1.72. The van der Waals surface area contributed by atoms with E-state index in [1.54, 1.807) is 17.5 Å². The van der Waals surface area contributed by atoms with Crippen LogP contribution in [0.2, 0.25) is 0 Å². The summed E-state index contributed by atoms with van der Waals surface area (Å²) < 4.78 is 6.78. The number of nitrogens with zero attached hydrogens (tertiary/aromatic N) is 3. The van der Waals surface area contributed by atoms with Crippen LogP contribution < -0.4 is 15.0 Å². The Labute approximate surface area is 215 Å². The fourth-order valence-electron chi connectivity index (χ4n) is 4.42. The highest BCUT2D eigenvalue weighted by Crippen LogP contribution is 2.36. The molecule has 0 bridgehead atoms. The summed E-state index contributed by atoms with van der Waals surface area (Å²) in [7, 11) is 0. The molecule has 4 aromatic rings. The van der Waals surface area contributed by atoms with Gasteiger partial charge in [-0.3, -0.25) is 9.78 Å². The predicted molar refractivity (Wildman–Crippen MR) is 144 cm³/mol. The first kappa shape index (κ1) is 24.9. The van der Waals surface area contributed by atoms with Gasteiger partial charge in [-0.05, 0) is 73.7 Å². The normalized spacial score (nSPS) is 13.9. The molecule has 1 amide bonds. The van der Waals surface area contributed by atoms with Crippen LogP contribution in [0, 0.1) is 5.92 Å². The molecule has 1 aliphatic rings. The maximum Gasteiger partial charge on any atom is 0.223 e. The van der Waals surface area contributed by atoms with E-state index in [0.29, 0.717) is 13.2 Å². The summed E-state index contributed by atoms with van der Waals surface area (Å²) in [6.07, 6.45) is 3.42. The highest BCUT2D eigenvalue weighted by molar-refractivity contribution is 7.17. The van der Waals surface area contributed by atoms with Gasteiger partial charge in [-0.15, -0.1) is 23.7 Å². The van der Waals surface area contributed by atoms with Crippen molar-refractivity contribution < 1.29 is 9.53 Å². The maximum atomic E-state index is 12.7. The standard InChI is InChI=1S/C27H28N4O2S.ClH/c1-2-33-22-8-6-19(7-9-22)24-17-25(26-23(30-24)12-16-34-26)31-14-10-20(11-15-31)27(32)29-18-21-5-3-4-13-28-21;/h3-9,12-13,16-17,20H,2,10-11,14-15,18H2,1H3,(H,29,32);1H. The van der Waals surface area contributed by atoms with Crippen molar-refractivity contribution in [2.45, 2.75) is 26.3 Å². The first-order valence-electron chi connectivity index (χ1n) is 11.8. The monoisotopic (exact) mass is 508 g/mol. The van der Waals surface area contributed by atoms with Crippen molar-refractivity contribution >= 4 is 45.6 Å². The zero-order chi connectivity index (χ0) is 23.3. The number of thiophene rings is 1. The summed E-state index contributed by atoms with van der Waals surface area (Å²) in [4.78, 5) is 24.3. The number of carbonyl (C=O) groups excluding carboxylic acids is 1. The molecule has 0 atom stereocenters. The second-order valence-corrected chi connectivity index (χ2v) is 9.34. The number of hydrogen-bond acceptors (Lipinski definition) is 6. The van der Waals surface area contributed by atoms with Gasteiger partial charge in [0.05, 0.1) is 40.4 Å². The van der Waals surface area contributed by atoms with E-state index in [-0.39, 0.29) is 24.2 Å². The van der Waals surface area contributed by atoms with E-state index in [9.17, 15) is 4.79 Å². The lowest BCUT2D eigenvalue weighted by Crippen LogP contribution is -2.40. The minimum Gasteiger partial charge on any atom is -0.494 e. The maximum absolute atomic E-state index is 12.7. The van der Waals surface area contributed by atoms with Crippen LogP contribution in [0.5, 0.6) is 5.75 Å². The molecule has 0 aliphatic carbocycles. The third kappa shape index (κ3) is 5.74. The third-order valence-corrected chi connectivity index (χ3v) is 7.15. The molecule has 1 aromatic carbocycles. The minimum atomic E-state index is 0. The highest BCUT2D eigenvalue weighted by Gasteiger charge is 2.26. The number of fused-ring (bicyclic) bond motifs is 1. The van der Waals surface area contributed by atoms with E-state index in [1.807, 2.05) is 37.3 Å². The first-order valence-corrected chi connectivity index (χ1v) is 12.6. The summed E-state index contributed by atoms with van der Waals surface area (Å²) in [5.74, 6) is 1.02. The van der Waals surface area contributed by atoms with Gasteiger partial charge in [0, 0.05) is 30.8 Å². The smallest absolute Gasteiger partial charge is 0.223 e. The Bertz CT molecular complexity index is 1260. The van der Waals surface area contributed by atoms with E-state index in [4.69, 9.17) is 9.72 Å². The van der Waals surface area contributed by atoms with E-state index < -0.39 is 0 Å². The average Bonchev–Trinajstić information content (AvgIpc) is 3.37. The van der Waals surface area contributed by atoms with Crippen LogP contribution in [0.1, 0.15) is 25.5 Å². The van der Waals surface area contributed by atoms with Crippen LogP contribution in [0.4, 0.5) is 5.69 Å². The van der Waals surface area contributed by atoms with Crippen molar-refractivity contribution in [1.29, 1.82) is 0 Å². The molecule has 0 unspecified atom stereocenters. The van der Waals surface area contributed by atoms with Gasteiger partial charge in [-0.2, -0.15) is 0 Å². The Morgan fingerprint density at radius 1 is 1.14 bits per heavy atom. The highest BCUT2D eigenvalue weighted by atomic mass is 35.5. The van der Waals surface area contributed by atoms with Gasteiger partial charge in [0.25, 0.3) is 0 Å². The second-order valence-electron chi connectivity index (χ2n) is 8.42. The molecule has 182 valence electrons. The first-order chi connectivity index (χ1) is 16.7. The number of halogens is 1. The number of nitrogens with one attached hydrogen (secondary N) is 1. The summed E-state index contributed by atoms with van der Waals surface area (Å²) in [6, 6.07) is 18.1. The lowest BCUT2D eigenvalue weighted by molar-refractivity contribution is -0.125. The van der Waals surface area contributed by atoms with Crippen LogP contribution in [-0.4, -0.2) is 35.6 Å². The topological polar surface area (TPSA) is 67.3 Å². The van der Waals surface area contributed by atoms with Gasteiger partial charge in [0.15, 0.2) is 0 Å². The largest absolute Gasteiger partial charge is 0.494 e. The van der Waals surface area contributed by atoms with E-state index in [0.717, 1.165) is 54.1 Å². The fourth-order valence-corrected chi connectivity index (χ4v) is 5.29. The van der Waals surface area contributed by atoms with Gasteiger partial charge in [-0.1, -0.05) is 6.07 Å². The van der Waals surface area contributed by atoms with Crippen LogP contribution in [0.15, 0.2) is 66.2 Å². The van der Waals surface area contributed by atoms with Gasteiger partial charge < -0.3 is 15.0 Å². The van der Waals surface area contributed by atoms with Gasteiger partial charge in [0.1, 0.15) is 5.75 Å². The zero-order valence-electron chi connectivity index (χ0n) is 19.6. The van der Waals surface area contributed by atoms with Crippen molar-refractivity contribution in [2.75, 3.05) is 24.6 Å². The molecule has 1 aliphatic heterocycles. The molecule has 4 heterocycles. The van der Waals surface area contributed by atoms with Crippen molar-refractivity contribution in [2.24, 2.45) is 5.92 Å². The molecule has 1 fully saturated rings. The number of carbonyl (C=O) groups is 1. The molecule has 1 N–H and O–H groups in total. The lowest BCUT2D eigenvalue weighted by Gasteiger charge is -2.33. The van der Waals surface area contributed by atoms with Crippen molar-refractivity contribution in [1.82, 2.24) is 15.3 Å². The Morgan fingerprint density at radius 2 is 1.94 bits per heavy atom. The van der Waals surface area contributed by atoms with Crippen LogP contribution >= 0.6 is 23.7 Å². The molecular weight excluding hydrogens is 480 g/mol. The van der Waals surface area contributed by atoms with Crippen LogP contribution in [0.3, 0.4) is 0 Å². The Morgan fingerprint density at radius 3 is 2.66 bits per heavy atom. The molecule has 1 saturated heterocycles. The molecule has 0 saturated carbocycles. The number of anilines is 1. The third-order valence-electron chi connectivity index (χ3n) is 6.23. The molecule has 6 nitrogen and oxygen atoms in total. The molecule has 8 heteroatoms. The SMILES string of the molecule is CCOc1ccc(-c2cc(N3CCC(C(=O)NCc4ccccn4)CC3)c3sccc3n2)cc1.Cl. The molecule has 0 spiro atoms. The van der Waals surface area contributed by atoms with Gasteiger partial charge in [0.2, 0.25) is 5.91 Å². The number of piperidine rings is 1. The molecule has 3 aromatic heterocycles. The lowest BCUT2D eigenvalue weighted by atomic mass is 9.95. The molecular formula is C27H29ClN4O2S. The number of ether oxygens (including phenoxy) is 1. The molecule has 5 rings (SSSR count). The number of hydrogen-bond donors (Lipinski definition) is 1.